The fraction of sp³-hybridized carbons (Fsp3) is 0.600. The molecule has 0 saturated heterocycles. The lowest BCUT2D eigenvalue weighted by molar-refractivity contribution is 0.318. The second-order valence-corrected chi connectivity index (χ2v) is 5.23. The van der Waals surface area contributed by atoms with Crippen LogP contribution >= 0.6 is 0 Å². The van der Waals surface area contributed by atoms with E-state index in [1.807, 2.05) is 19.9 Å². The van der Waals surface area contributed by atoms with Gasteiger partial charge in [0.25, 0.3) is 0 Å². The standard InChI is InChI=1S/C15H21N3/c1-4-18(10-13-6-5-7-13)15-14(9-16)11(2)8-12(3)17-15/h8,13H,4-7,10H2,1-3H3. The summed E-state index contributed by atoms with van der Waals surface area (Å²) < 4.78 is 0. The van der Waals surface area contributed by atoms with E-state index in [1.165, 1.54) is 19.3 Å². The maximum Gasteiger partial charge on any atom is 0.147 e. The van der Waals surface area contributed by atoms with Crippen LogP contribution in [-0.4, -0.2) is 18.1 Å². The molecule has 0 aromatic carbocycles. The van der Waals surface area contributed by atoms with Gasteiger partial charge in [-0.3, -0.25) is 0 Å². The summed E-state index contributed by atoms with van der Waals surface area (Å²) in [5.41, 5.74) is 2.77. The van der Waals surface area contributed by atoms with Crippen molar-refractivity contribution in [2.75, 3.05) is 18.0 Å². The van der Waals surface area contributed by atoms with Crippen LogP contribution in [0, 0.1) is 31.1 Å². The number of nitriles is 1. The SMILES string of the molecule is CCN(CC1CCC1)c1nc(C)cc(C)c1C#N. The molecule has 0 unspecified atom stereocenters. The molecule has 1 aliphatic rings. The van der Waals surface area contributed by atoms with Gasteiger partial charge in [0.15, 0.2) is 0 Å². The second kappa shape index (κ2) is 5.39. The van der Waals surface area contributed by atoms with Crippen molar-refractivity contribution < 1.29 is 0 Å². The van der Waals surface area contributed by atoms with Crippen LogP contribution in [0.5, 0.6) is 0 Å². The Morgan fingerprint density at radius 1 is 1.44 bits per heavy atom. The molecule has 1 saturated carbocycles. The van der Waals surface area contributed by atoms with Crippen LogP contribution in [0.25, 0.3) is 0 Å². The maximum atomic E-state index is 9.32. The summed E-state index contributed by atoms with van der Waals surface area (Å²) >= 11 is 0. The zero-order valence-electron chi connectivity index (χ0n) is 11.5. The van der Waals surface area contributed by atoms with Crippen molar-refractivity contribution in [3.05, 3.63) is 22.9 Å². The number of aromatic nitrogens is 1. The van der Waals surface area contributed by atoms with Gasteiger partial charge in [-0.1, -0.05) is 6.42 Å². The molecule has 1 heterocycles. The Morgan fingerprint density at radius 3 is 2.67 bits per heavy atom. The minimum atomic E-state index is 0.738. The number of pyridine rings is 1. The van der Waals surface area contributed by atoms with E-state index in [0.717, 1.165) is 41.6 Å². The van der Waals surface area contributed by atoms with E-state index in [0.29, 0.717) is 0 Å². The lowest BCUT2D eigenvalue weighted by Gasteiger charge is -2.33. The molecule has 1 aromatic heterocycles. The fourth-order valence-electron chi connectivity index (χ4n) is 2.54. The molecule has 0 aliphatic heterocycles. The van der Waals surface area contributed by atoms with Crippen LogP contribution in [0.15, 0.2) is 6.07 Å². The molecule has 0 radical (unpaired) electrons. The minimum Gasteiger partial charge on any atom is -0.356 e. The highest BCUT2D eigenvalue weighted by molar-refractivity contribution is 5.58. The molecular weight excluding hydrogens is 222 g/mol. The predicted molar refractivity (Wildman–Crippen MR) is 73.7 cm³/mol. The van der Waals surface area contributed by atoms with Crippen molar-refractivity contribution in [2.24, 2.45) is 5.92 Å². The van der Waals surface area contributed by atoms with Gasteiger partial charge in [0.05, 0.1) is 5.56 Å². The molecule has 1 aliphatic carbocycles. The van der Waals surface area contributed by atoms with E-state index in [4.69, 9.17) is 0 Å². The van der Waals surface area contributed by atoms with Gasteiger partial charge >= 0.3 is 0 Å². The van der Waals surface area contributed by atoms with E-state index >= 15 is 0 Å². The average molecular weight is 243 g/mol. The summed E-state index contributed by atoms with van der Waals surface area (Å²) in [6, 6.07) is 4.30. The van der Waals surface area contributed by atoms with Crippen LogP contribution in [0.4, 0.5) is 5.82 Å². The summed E-state index contributed by atoms with van der Waals surface area (Å²) in [7, 11) is 0. The zero-order chi connectivity index (χ0) is 13.1. The molecule has 0 atom stereocenters. The topological polar surface area (TPSA) is 39.9 Å². The summed E-state index contributed by atoms with van der Waals surface area (Å²) in [5, 5.41) is 9.32. The Bertz CT molecular complexity index is 469. The van der Waals surface area contributed by atoms with Crippen LogP contribution in [0.1, 0.15) is 43.0 Å². The summed E-state index contributed by atoms with van der Waals surface area (Å²) in [5.74, 6) is 1.67. The largest absolute Gasteiger partial charge is 0.356 e. The van der Waals surface area contributed by atoms with Crippen LogP contribution in [-0.2, 0) is 0 Å². The molecule has 3 heteroatoms. The first-order chi connectivity index (χ1) is 8.65. The molecule has 1 aromatic rings. The Hall–Kier alpha value is -1.56. The molecular formula is C15H21N3. The molecule has 2 rings (SSSR count). The molecule has 0 bridgehead atoms. The van der Waals surface area contributed by atoms with Gasteiger partial charge in [0, 0.05) is 18.8 Å². The van der Waals surface area contributed by atoms with Crippen molar-refractivity contribution in [1.82, 2.24) is 4.98 Å². The highest BCUT2D eigenvalue weighted by Gasteiger charge is 2.22. The van der Waals surface area contributed by atoms with Crippen molar-refractivity contribution in [2.45, 2.75) is 40.0 Å². The van der Waals surface area contributed by atoms with E-state index in [9.17, 15) is 5.26 Å². The van der Waals surface area contributed by atoms with E-state index in [2.05, 4.69) is 22.9 Å². The number of aryl methyl sites for hydroxylation is 2. The number of nitrogens with zero attached hydrogens (tertiary/aromatic N) is 3. The van der Waals surface area contributed by atoms with Gasteiger partial charge in [0.2, 0.25) is 0 Å². The summed E-state index contributed by atoms with van der Waals surface area (Å²) in [6.07, 6.45) is 4.00. The first kappa shape index (κ1) is 12.9. The van der Waals surface area contributed by atoms with Gasteiger partial charge in [-0.2, -0.15) is 5.26 Å². The average Bonchev–Trinajstić information content (AvgIpc) is 2.27. The third-order valence-electron chi connectivity index (χ3n) is 3.82. The second-order valence-electron chi connectivity index (χ2n) is 5.23. The van der Waals surface area contributed by atoms with Crippen LogP contribution < -0.4 is 4.90 Å². The van der Waals surface area contributed by atoms with Crippen molar-refractivity contribution in [1.29, 1.82) is 5.26 Å². The minimum absolute atomic E-state index is 0.738. The summed E-state index contributed by atoms with van der Waals surface area (Å²) in [6.45, 7) is 8.09. The van der Waals surface area contributed by atoms with E-state index < -0.39 is 0 Å². The number of hydrogen-bond acceptors (Lipinski definition) is 3. The summed E-state index contributed by atoms with van der Waals surface area (Å²) in [4.78, 5) is 6.86. The normalized spacial score (nSPS) is 15.0. The quantitative estimate of drug-likeness (QED) is 0.815. The molecule has 18 heavy (non-hydrogen) atoms. The lowest BCUT2D eigenvalue weighted by Crippen LogP contribution is -2.33. The molecule has 96 valence electrons. The van der Waals surface area contributed by atoms with Crippen molar-refractivity contribution in [3.63, 3.8) is 0 Å². The van der Waals surface area contributed by atoms with E-state index in [1.54, 1.807) is 0 Å². The van der Waals surface area contributed by atoms with Gasteiger partial charge in [-0.25, -0.2) is 4.98 Å². The molecule has 3 nitrogen and oxygen atoms in total. The van der Waals surface area contributed by atoms with Crippen LogP contribution in [0.3, 0.4) is 0 Å². The fourth-order valence-corrected chi connectivity index (χ4v) is 2.54. The molecule has 0 amide bonds. The molecule has 0 spiro atoms. The van der Waals surface area contributed by atoms with Gasteiger partial charge in [-0.15, -0.1) is 0 Å². The Balaban J connectivity index is 2.31. The lowest BCUT2D eigenvalue weighted by atomic mass is 9.85. The van der Waals surface area contributed by atoms with E-state index in [-0.39, 0.29) is 0 Å². The predicted octanol–water partition coefficient (Wildman–Crippen LogP) is 3.20. The third-order valence-corrected chi connectivity index (χ3v) is 3.82. The van der Waals surface area contributed by atoms with Gasteiger partial charge in [0.1, 0.15) is 11.9 Å². The number of hydrogen-bond donors (Lipinski definition) is 0. The molecule has 1 fully saturated rings. The number of rotatable bonds is 4. The number of anilines is 1. The zero-order valence-corrected chi connectivity index (χ0v) is 11.5. The Kier molecular flexibility index (Phi) is 3.86. The Morgan fingerprint density at radius 2 is 2.17 bits per heavy atom. The Labute approximate surface area is 109 Å². The van der Waals surface area contributed by atoms with Crippen LogP contribution in [0.2, 0.25) is 0 Å². The highest BCUT2D eigenvalue weighted by atomic mass is 15.2. The highest BCUT2D eigenvalue weighted by Crippen LogP contribution is 2.30. The van der Waals surface area contributed by atoms with Crippen molar-refractivity contribution in [3.8, 4) is 6.07 Å². The van der Waals surface area contributed by atoms with Gasteiger partial charge < -0.3 is 4.90 Å². The van der Waals surface area contributed by atoms with Crippen molar-refractivity contribution >= 4 is 5.82 Å². The molecule has 0 N–H and O–H groups in total. The van der Waals surface area contributed by atoms with Gasteiger partial charge in [-0.05, 0) is 51.2 Å². The third kappa shape index (κ3) is 2.48. The first-order valence-electron chi connectivity index (χ1n) is 6.79. The first-order valence-corrected chi connectivity index (χ1v) is 6.79. The smallest absolute Gasteiger partial charge is 0.147 e. The maximum absolute atomic E-state index is 9.32. The monoisotopic (exact) mass is 243 g/mol.